The summed E-state index contributed by atoms with van der Waals surface area (Å²) >= 11 is 0. The molecule has 2 saturated heterocycles. The van der Waals surface area contributed by atoms with Crippen LogP contribution in [-0.2, 0) is 4.74 Å². The summed E-state index contributed by atoms with van der Waals surface area (Å²) in [4.78, 5) is 2.70. The van der Waals surface area contributed by atoms with E-state index >= 15 is 0 Å². The van der Waals surface area contributed by atoms with Crippen LogP contribution in [0.4, 0.5) is 0 Å². The van der Waals surface area contributed by atoms with Crippen molar-refractivity contribution in [2.24, 2.45) is 5.73 Å². The molecular formula is C15H30N2O. The van der Waals surface area contributed by atoms with Crippen LogP contribution in [0.5, 0.6) is 0 Å². The first-order chi connectivity index (χ1) is 8.60. The fourth-order valence-corrected chi connectivity index (χ4v) is 3.80. The van der Waals surface area contributed by atoms with E-state index in [4.69, 9.17) is 10.5 Å². The molecule has 2 rings (SSSR count). The summed E-state index contributed by atoms with van der Waals surface area (Å²) in [7, 11) is 0. The highest BCUT2D eigenvalue weighted by atomic mass is 16.5. The first-order valence-corrected chi connectivity index (χ1v) is 7.75. The van der Waals surface area contributed by atoms with Gasteiger partial charge >= 0.3 is 0 Å². The average Bonchev–Trinajstić information content (AvgIpc) is 2.38. The Morgan fingerprint density at radius 1 is 1.28 bits per heavy atom. The van der Waals surface area contributed by atoms with Crippen molar-refractivity contribution in [3.63, 3.8) is 0 Å². The first-order valence-electron chi connectivity index (χ1n) is 7.75. The lowest BCUT2D eigenvalue weighted by Gasteiger charge is -2.48. The van der Waals surface area contributed by atoms with Gasteiger partial charge in [0.25, 0.3) is 0 Å². The van der Waals surface area contributed by atoms with Crippen molar-refractivity contribution in [2.45, 2.75) is 83.0 Å². The van der Waals surface area contributed by atoms with Crippen molar-refractivity contribution in [1.29, 1.82) is 0 Å². The van der Waals surface area contributed by atoms with Gasteiger partial charge in [0.15, 0.2) is 0 Å². The number of nitrogens with zero attached hydrogens (tertiary/aromatic N) is 1. The van der Waals surface area contributed by atoms with E-state index in [1.54, 1.807) is 0 Å². The molecule has 0 aromatic heterocycles. The number of rotatable bonds is 3. The van der Waals surface area contributed by atoms with Gasteiger partial charge in [-0.1, -0.05) is 13.8 Å². The Kier molecular flexibility index (Phi) is 4.68. The van der Waals surface area contributed by atoms with Gasteiger partial charge in [0.2, 0.25) is 0 Å². The topological polar surface area (TPSA) is 38.5 Å². The van der Waals surface area contributed by atoms with Gasteiger partial charge in [-0.15, -0.1) is 0 Å². The summed E-state index contributed by atoms with van der Waals surface area (Å²) in [5, 5.41) is 0. The molecule has 0 spiro atoms. The first kappa shape index (κ1) is 14.3. The lowest BCUT2D eigenvalue weighted by atomic mass is 9.83. The third-order valence-corrected chi connectivity index (χ3v) is 5.19. The molecule has 0 radical (unpaired) electrons. The SMILES string of the molecule is CCC1(CC)CC(N2CCC(N)CC2C)CCO1. The number of likely N-dealkylation sites (tertiary alicyclic amines) is 1. The molecule has 0 amide bonds. The van der Waals surface area contributed by atoms with Crippen molar-refractivity contribution in [1.82, 2.24) is 4.90 Å². The van der Waals surface area contributed by atoms with E-state index in [2.05, 4.69) is 25.7 Å². The summed E-state index contributed by atoms with van der Waals surface area (Å²) in [5.74, 6) is 0. The van der Waals surface area contributed by atoms with E-state index in [-0.39, 0.29) is 5.60 Å². The monoisotopic (exact) mass is 254 g/mol. The zero-order chi connectivity index (χ0) is 13.2. The van der Waals surface area contributed by atoms with Crippen LogP contribution in [0, 0.1) is 0 Å². The van der Waals surface area contributed by atoms with Crippen molar-refractivity contribution >= 4 is 0 Å². The standard InChI is InChI=1S/C15H30N2O/c1-4-15(5-2)11-14(7-9-18-15)17-8-6-13(16)10-12(17)3/h12-14H,4-11,16H2,1-3H3. The predicted molar refractivity (Wildman–Crippen MR) is 75.7 cm³/mol. The Bertz CT molecular complexity index is 265. The molecule has 0 bridgehead atoms. The van der Waals surface area contributed by atoms with Crippen LogP contribution < -0.4 is 5.73 Å². The molecule has 18 heavy (non-hydrogen) atoms. The van der Waals surface area contributed by atoms with Crippen LogP contribution in [0.1, 0.15) is 59.3 Å². The maximum Gasteiger partial charge on any atom is 0.0692 e. The van der Waals surface area contributed by atoms with Crippen LogP contribution in [0.3, 0.4) is 0 Å². The molecule has 2 fully saturated rings. The molecule has 0 saturated carbocycles. The molecule has 3 nitrogen and oxygen atoms in total. The molecule has 2 N–H and O–H groups in total. The quantitative estimate of drug-likeness (QED) is 0.841. The Balaban J connectivity index is 2.00. The lowest BCUT2D eigenvalue weighted by Crippen LogP contribution is -2.55. The number of hydrogen-bond acceptors (Lipinski definition) is 3. The van der Waals surface area contributed by atoms with Crippen LogP contribution in [0.15, 0.2) is 0 Å². The Morgan fingerprint density at radius 3 is 2.61 bits per heavy atom. The molecule has 3 unspecified atom stereocenters. The van der Waals surface area contributed by atoms with Gasteiger partial charge in [0, 0.05) is 31.3 Å². The Labute approximate surface area is 112 Å². The summed E-state index contributed by atoms with van der Waals surface area (Å²) in [6.45, 7) is 8.98. The van der Waals surface area contributed by atoms with Gasteiger partial charge in [-0.05, 0) is 45.4 Å². The zero-order valence-electron chi connectivity index (χ0n) is 12.3. The highest BCUT2D eigenvalue weighted by Crippen LogP contribution is 2.35. The van der Waals surface area contributed by atoms with Gasteiger partial charge in [0.1, 0.15) is 0 Å². The molecule has 0 aromatic rings. The van der Waals surface area contributed by atoms with E-state index < -0.39 is 0 Å². The van der Waals surface area contributed by atoms with Gasteiger partial charge < -0.3 is 10.5 Å². The second-order valence-electron chi connectivity index (χ2n) is 6.26. The number of hydrogen-bond donors (Lipinski definition) is 1. The van der Waals surface area contributed by atoms with Gasteiger partial charge in [-0.2, -0.15) is 0 Å². The maximum absolute atomic E-state index is 6.09. The van der Waals surface area contributed by atoms with Crippen molar-refractivity contribution < 1.29 is 4.74 Å². The lowest BCUT2D eigenvalue weighted by molar-refractivity contribution is -0.117. The van der Waals surface area contributed by atoms with Crippen molar-refractivity contribution in [3.8, 4) is 0 Å². The van der Waals surface area contributed by atoms with Crippen LogP contribution in [-0.4, -0.2) is 41.8 Å². The number of piperidine rings is 1. The van der Waals surface area contributed by atoms with Crippen molar-refractivity contribution in [2.75, 3.05) is 13.2 Å². The summed E-state index contributed by atoms with van der Waals surface area (Å²) in [6, 6.07) is 1.77. The Hall–Kier alpha value is -0.120. The molecule has 3 atom stereocenters. The normalized spacial score (nSPS) is 37.7. The number of ether oxygens (including phenoxy) is 1. The zero-order valence-corrected chi connectivity index (χ0v) is 12.3. The van der Waals surface area contributed by atoms with Crippen LogP contribution in [0.25, 0.3) is 0 Å². The summed E-state index contributed by atoms with van der Waals surface area (Å²) in [5.41, 5.74) is 6.21. The molecular weight excluding hydrogens is 224 g/mol. The second-order valence-corrected chi connectivity index (χ2v) is 6.26. The van der Waals surface area contributed by atoms with Gasteiger partial charge in [0.05, 0.1) is 5.60 Å². The predicted octanol–water partition coefficient (Wildman–Crippen LogP) is 2.54. The van der Waals surface area contributed by atoms with Gasteiger partial charge in [-0.25, -0.2) is 0 Å². The molecule has 2 heterocycles. The number of nitrogens with two attached hydrogens (primary N) is 1. The highest BCUT2D eigenvalue weighted by molar-refractivity contribution is 4.93. The third kappa shape index (κ3) is 2.89. The fourth-order valence-electron chi connectivity index (χ4n) is 3.80. The van der Waals surface area contributed by atoms with E-state index in [0.29, 0.717) is 18.1 Å². The largest absolute Gasteiger partial charge is 0.375 e. The molecule has 2 aliphatic rings. The molecule has 0 aromatic carbocycles. The third-order valence-electron chi connectivity index (χ3n) is 5.19. The molecule has 106 valence electrons. The molecule has 2 aliphatic heterocycles. The van der Waals surface area contributed by atoms with E-state index in [1.807, 2.05) is 0 Å². The van der Waals surface area contributed by atoms with Crippen molar-refractivity contribution in [3.05, 3.63) is 0 Å². The average molecular weight is 254 g/mol. The second kappa shape index (κ2) is 5.89. The van der Waals surface area contributed by atoms with Gasteiger partial charge in [-0.3, -0.25) is 4.90 Å². The molecule has 3 heteroatoms. The fraction of sp³-hybridized carbons (Fsp3) is 1.00. The summed E-state index contributed by atoms with van der Waals surface area (Å²) < 4.78 is 6.09. The minimum absolute atomic E-state index is 0.141. The van der Waals surface area contributed by atoms with E-state index in [0.717, 1.165) is 32.3 Å². The molecule has 0 aliphatic carbocycles. The van der Waals surface area contributed by atoms with Crippen LogP contribution in [0.2, 0.25) is 0 Å². The smallest absolute Gasteiger partial charge is 0.0692 e. The minimum atomic E-state index is 0.141. The maximum atomic E-state index is 6.09. The highest BCUT2D eigenvalue weighted by Gasteiger charge is 2.39. The summed E-state index contributed by atoms with van der Waals surface area (Å²) in [6.07, 6.45) is 7.00. The van der Waals surface area contributed by atoms with E-state index in [1.165, 1.54) is 19.4 Å². The van der Waals surface area contributed by atoms with Crippen LogP contribution >= 0.6 is 0 Å². The Morgan fingerprint density at radius 2 is 2.00 bits per heavy atom. The minimum Gasteiger partial charge on any atom is -0.375 e. The van der Waals surface area contributed by atoms with E-state index in [9.17, 15) is 0 Å².